The molecule has 0 fully saturated rings. The second-order valence-electron chi connectivity index (χ2n) is 4.77. The van der Waals surface area contributed by atoms with Crippen LogP contribution in [0.3, 0.4) is 0 Å². The Balaban J connectivity index is 3.59. The van der Waals surface area contributed by atoms with E-state index in [1.165, 1.54) is 0 Å². The van der Waals surface area contributed by atoms with Crippen molar-refractivity contribution in [2.24, 2.45) is 0 Å². The maximum Gasteiger partial charge on any atom is 0.433 e. The maximum atomic E-state index is 12.9. The Morgan fingerprint density at radius 2 is 1.61 bits per heavy atom. The van der Waals surface area contributed by atoms with Gasteiger partial charge in [-0.05, 0) is 25.1 Å². The van der Waals surface area contributed by atoms with Crippen LogP contribution in [-0.2, 0) is 0 Å². The Morgan fingerprint density at radius 3 is 1.96 bits per heavy atom. The zero-order valence-electron chi connectivity index (χ0n) is 11.5. The molecule has 1 atom stereocenters. The van der Waals surface area contributed by atoms with Gasteiger partial charge in [-0.3, -0.25) is 4.79 Å². The summed E-state index contributed by atoms with van der Waals surface area (Å²) in [6.45, 7) is 0.758. The molecule has 23 heavy (non-hydrogen) atoms. The van der Waals surface area contributed by atoms with E-state index < -0.39 is 44.6 Å². The lowest BCUT2D eigenvalue weighted by Crippen LogP contribution is -2.43. The van der Waals surface area contributed by atoms with Crippen LogP contribution in [0.2, 0.25) is 0 Å². The average Bonchev–Trinajstić information content (AvgIpc) is 2.32. The Labute approximate surface area is 125 Å². The first kappa shape index (κ1) is 19.5. The molecule has 12 heteroatoms. The van der Waals surface area contributed by atoms with Gasteiger partial charge in [0.2, 0.25) is 6.23 Å². The molecule has 0 saturated carbocycles. The number of anilines is 1. The fraction of sp³-hybridized carbons (Fsp3) is 0.364. The molecule has 1 aromatic carbocycles. The highest BCUT2D eigenvalue weighted by Gasteiger charge is 2.65. The van der Waals surface area contributed by atoms with E-state index in [4.69, 9.17) is 5.11 Å². The number of benzene rings is 1. The summed E-state index contributed by atoms with van der Waals surface area (Å²) in [5.74, 6) is -1.06. The topological polar surface area (TPSA) is 40.5 Å². The lowest BCUT2D eigenvalue weighted by atomic mass is 10.1. The third-order valence-corrected chi connectivity index (χ3v) is 3.94. The monoisotopic (exact) mass is 373 g/mol. The van der Waals surface area contributed by atoms with Gasteiger partial charge in [0.05, 0.1) is 0 Å². The van der Waals surface area contributed by atoms with Crippen molar-refractivity contribution in [3.05, 3.63) is 23.8 Å². The van der Waals surface area contributed by atoms with E-state index in [9.17, 15) is 37.4 Å². The molecule has 0 bridgehead atoms. The van der Waals surface area contributed by atoms with Crippen molar-refractivity contribution in [1.29, 1.82) is 0 Å². The molecular weight excluding hydrogens is 362 g/mol. The molecule has 0 aliphatic heterocycles. The van der Waals surface area contributed by atoms with Gasteiger partial charge in [0.15, 0.2) is 5.78 Å². The van der Waals surface area contributed by atoms with Crippen LogP contribution < -0.4 is 4.90 Å². The first-order valence-corrected chi connectivity index (χ1v) is 7.66. The molecule has 0 amide bonds. The third-order valence-electron chi connectivity index (χ3n) is 2.81. The highest BCUT2D eigenvalue weighted by Crippen LogP contribution is 3.02. The molecule has 1 rings (SSSR count). The van der Waals surface area contributed by atoms with Crippen molar-refractivity contribution in [2.75, 3.05) is 11.9 Å². The number of alkyl halides is 3. The number of aliphatic hydroxyl groups excluding tert-OH is 1. The number of Topliss-reactive ketones (excluding diaryl/α,β-unsaturated/α-hetero) is 1. The van der Waals surface area contributed by atoms with E-state index >= 15 is 0 Å². The van der Waals surface area contributed by atoms with Crippen molar-refractivity contribution in [3.8, 4) is 0 Å². The molecule has 0 aromatic heterocycles. The maximum absolute atomic E-state index is 12.9. The quantitative estimate of drug-likeness (QED) is 0.465. The first-order valence-electron chi connectivity index (χ1n) is 5.70. The van der Waals surface area contributed by atoms with Gasteiger partial charge in [-0.15, -0.1) is 0 Å². The second-order valence-corrected chi connectivity index (χ2v) is 7.18. The summed E-state index contributed by atoms with van der Waals surface area (Å²) in [7, 11) is -9.68. The van der Waals surface area contributed by atoms with Crippen LogP contribution in [0.4, 0.5) is 38.3 Å². The van der Waals surface area contributed by atoms with Crippen molar-refractivity contribution < 1.29 is 42.5 Å². The Bertz CT molecular complexity index is 640. The van der Waals surface area contributed by atoms with Gasteiger partial charge in [-0.2, -0.15) is 13.2 Å². The van der Waals surface area contributed by atoms with E-state index in [0.717, 1.165) is 6.92 Å². The predicted octanol–water partition coefficient (Wildman–Crippen LogP) is 4.86. The summed E-state index contributed by atoms with van der Waals surface area (Å²) in [6, 6.07) is 0.161. The molecule has 0 radical (unpaired) electrons. The van der Waals surface area contributed by atoms with Gasteiger partial charge in [-0.25, -0.2) is 0 Å². The minimum Gasteiger partial charge on any atom is -0.366 e. The number of ketones is 1. The number of nitrogens with zero attached hydrogens (tertiary/aromatic N) is 1. The van der Waals surface area contributed by atoms with E-state index in [-0.39, 0.29) is 17.0 Å². The summed E-state index contributed by atoms with van der Waals surface area (Å²) in [6.07, 6.45) is -8.48. The Morgan fingerprint density at radius 1 is 1.13 bits per heavy atom. The molecule has 1 N–H and O–H groups in total. The van der Waals surface area contributed by atoms with E-state index in [0.29, 0.717) is 13.1 Å². The van der Waals surface area contributed by atoms with Crippen LogP contribution in [0.25, 0.3) is 0 Å². The summed E-state index contributed by atoms with van der Waals surface area (Å²) in [5.41, 5.74) is -1.90. The van der Waals surface area contributed by atoms with Crippen LogP contribution >= 0.6 is 10.2 Å². The highest BCUT2D eigenvalue weighted by molar-refractivity contribution is 8.45. The van der Waals surface area contributed by atoms with E-state index in [1.807, 2.05) is 0 Å². The second kappa shape index (κ2) is 4.72. The zero-order valence-corrected chi connectivity index (χ0v) is 12.4. The average molecular weight is 373 g/mol. The van der Waals surface area contributed by atoms with E-state index in [1.54, 1.807) is 0 Å². The molecule has 1 aromatic rings. The van der Waals surface area contributed by atoms with Crippen LogP contribution in [0.5, 0.6) is 0 Å². The number of carbonyl (C=O) groups excluding carboxylic acids is 1. The first-order chi connectivity index (χ1) is 9.82. The standard InChI is InChI=1S/C11H11F8NO2S/c1-6(21)7-3-8(20(2)10(22)11(12,13)14)5-9(4-7)23(15,16,17,18)19/h3-5,10,22H,1-2H3. The van der Waals surface area contributed by atoms with Crippen molar-refractivity contribution >= 4 is 21.7 Å². The normalized spacial score (nSPS) is 17.2. The summed E-state index contributed by atoms with van der Waals surface area (Å²) in [4.78, 5) is 8.56. The molecule has 134 valence electrons. The molecule has 0 aliphatic rings. The molecule has 0 heterocycles. The summed E-state index contributed by atoms with van der Waals surface area (Å²) < 4.78 is 101. The van der Waals surface area contributed by atoms with Crippen LogP contribution in [-0.4, -0.2) is 30.3 Å². The minimum atomic E-state index is -10.2. The Hall–Kier alpha value is -1.56. The molecule has 1 unspecified atom stereocenters. The fourth-order valence-electron chi connectivity index (χ4n) is 1.57. The lowest BCUT2D eigenvalue weighted by molar-refractivity contribution is -0.202. The fourth-order valence-corrected chi connectivity index (χ4v) is 2.27. The van der Waals surface area contributed by atoms with Crippen molar-refractivity contribution in [2.45, 2.75) is 24.2 Å². The highest BCUT2D eigenvalue weighted by atomic mass is 32.5. The van der Waals surface area contributed by atoms with Gasteiger partial charge in [0, 0.05) is 18.3 Å². The van der Waals surface area contributed by atoms with Crippen LogP contribution in [0.15, 0.2) is 23.1 Å². The molecule has 0 aliphatic carbocycles. The lowest BCUT2D eigenvalue weighted by Gasteiger charge is -2.41. The third kappa shape index (κ3) is 4.70. The number of rotatable bonds is 4. The minimum absolute atomic E-state index is 0.0978. The van der Waals surface area contributed by atoms with Gasteiger partial charge in [0.25, 0.3) is 0 Å². The van der Waals surface area contributed by atoms with Gasteiger partial charge in [0.1, 0.15) is 4.90 Å². The van der Waals surface area contributed by atoms with Crippen LogP contribution in [0, 0.1) is 0 Å². The number of hydrogen-bond donors (Lipinski definition) is 1. The van der Waals surface area contributed by atoms with Crippen molar-refractivity contribution in [3.63, 3.8) is 0 Å². The van der Waals surface area contributed by atoms with Gasteiger partial charge >= 0.3 is 16.4 Å². The number of aliphatic hydroxyl groups is 1. The summed E-state index contributed by atoms with van der Waals surface area (Å²) in [5, 5.41) is 9.02. The van der Waals surface area contributed by atoms with Crippen molar-refractivity contribution in [1.82, 2.24) is 0 Å². The molecule has 0 spiro atoms. The van der Waals surface area contributed by atoms with E-state index in [2.05, 4.69) is 0 Å². The largest absolute Gasteiger partial charge is 0.433 e. The molecule has 3 nitrogen and oxygen atoms in total. The van der Waals surface area contributed by atoms with Gasteiger partial charge in [-0.1, -0.05) is 19.4 Å². The Kier molecular flexibility index (Phi) is 4.00. The smallest absolute Gasteiger partial charge is 0.366 e. The zero-order chi connectivity index (χ0) is 18.5. The molecule has 0 saturated heterocycles. The van der Waals surface area contributed by atoms with Crippen LogP contribution in [0.1, 0.15) is 17.3 Å². The number of hydrogen-bond acceptors (Lipinski definition) is 3. The number of carbonyl (C=O) groups is 1. The predicted molar refractivity (Wildman–Crippen MR) is 68.3 cm³/mol. The number of halogens is 8. The molecular formula is C11H11F8NO2S. The van der Waals surface area contributed by atoms with Gasteiger partial charge < -0.3 is 10.0 Å². The SMILES string of the molecule is CC(=O)c1cc(N(C)C(O)C(F)(F)F)cc(S(F)(F)(F)(F)F)c1. The summed E-state index contributed by atoms with van der Waals surface area (Å²) >= 11 is 0.